The molecule has 0 saturated carbocycles. The van der Waals surface area contributed by atoms with E-state index in [-0.39, 0.29) is 5.91 Å². The van der Waals surface area contributed by atoms with Gasteiger partial charge in [0.15, 0.2) is 0 Å². The predicted molar refractivity (Wildman–Crippen MR) is 94.6 cm³/mol. The molecule has 1 unspecified atom stereocenters. The Hall–Kier alpha value is -2.73. The fourth-order valence-corrected chi connectivity index (χ4v) is 2.68. The van der Waals surface area contributed by atoms with Crippen molar-refractivity contribution < 1.29 is 9.53 Å². The molecule has 1 aliphatic rings. The van der Waals surface area contributed by atoms with Crippen LogP contribution in [-0.2, 0) is 4.79 Å². The van der Waals surface area contributed by atoms with Gasteiger partial charge in [-0.1, -0.05) is 17.7 Å². The third-order valence-corrected chi connectivity index (χ3v) is 3.96. The van der Waals surface area contributed by atoms with E-state index in [1.54, 1.807) is 43.4 Å². The molecule has 0 fully saturated rings. The van der Waals surface area contributed by atoms with Gasteiger partial charge in [-0.15, -0.1) is 0 Å². The predicted octanol–water partition coefficient (Wildman–Crippen LogP) is 2.58. The molecule has 122 valence electrons. The summed E-state index contributed by atoms with van der Waals surface area (Å²) in [6.45, 7) is 3.48. The van der Waals surface area contributed by atoms with Crippen LogP contribution in [0.4, 0.5) is 5.69 Å². The highest BCUT2D eigenvalue weighted by Gasteiger charge is 2.29. The summed E-state index contributed by atoms with van der Waals surface area (Å²) in [4.78, 5) is 26.8. The normalized spacial score (nSPS) is 17.0. The smallest absolute Gasteiger partial charge is 0.273 e. The van der Waals surface area contributed by atoms with Gasteiger partial charge in [0.2, 0.25) is 12.0 Å². The minimum atomic E-state index is -0.941. The minimum absolute atomic E-state index is 0.272. The number of rotatable bonds is 3. The number of benzodiazepines with no additional fused rings is 1. The van der Waals surface area contributed by atoms with E-state index in [4.69, 9.17) is 16.3 Å². The number of aromatic nitrogens is 1. The van der Waals surface area contributed by atoms with Crippen molar-refractivity contribution in [2.75, 3.05) is 19.1 Å². The van der Waals surface area contributed by atoms with Crippen LogP contribution in [0.2, 0.25) is 5.02 Å². The van der Waals surface area contributed by atoms with Crippen molar-refractivity contribution in [1.29, 1.82) is 0 Å². The summed E-state index contributed by atoms with van der Waals surface area (Å²) in [5.74, 6) is 0.178. The number of methoxy groups -OCH3 is 1. The molecule has 1 aromatic heterocycles. The number of ether oxygens (including phenoxy) is 1. The zero-order valence-corrected chi connectivity index (χ0v) is 14.0. The first-order valence-corrected chi connectivity index (χ1v) is 7.55. The lowest BCUT2D eigenvalue weighted by atomic mass is 10.0. The highest BCUT2D eigenvalue weighted by atomic mass is 35.5. The van der Waals surface area contributed by atoms with Crippen LogP contribution < -0.4 is 9.64 Å². The Morgan fingerprint density at radius 1 is 1.33 bits per heavy atom. The Morgan fingerprint density at radius 3 is 2.83 bits per heavy atom. The summed E-state index contributed by atoms with van der Waals surface area (Å²) in [7, 11) is 3.21. The second-order valence-corrected chi connectivity index (χ2v) is 5.59. The average molecular weight is 343 g/mol. The van der Waals surface area contributed by atoms with Gasteiger partial charge in [0.25, 0.3) is 5.91 Å². The summed E-state index contributed by atoms with van der Waals surface area (Å²) < 4.78 is 5.18. The first-order valence-electron chi connectivity index (χ1n) is 7.17. The molecule has 2 heterocycles. The molecule has 0 saturated heterocycles. The number of benzene rings is 1. The van der Waals surface area contributed by atoms with Crippen LogP contribution in [-0.4, -0.2) is 43.6 Å². The highest BCUT2D eigenvalue weighted by Crippen LogP contribution is 2.30. The Labute approximate surface area is 144 Å². The van der Waals surface area contributed by atoms with Crippen LogP contribution in [0.1, 0.15) is 11.3 Å². The molecule has 1 amide bonds. The second kappa shape index (κ2) is 6.41. The van der Waals surface area contributed by atoms with Gasteiger partial charge in [-0.2, -0.15) is 0 Å². The number of pyridine rings is 1. The lowest BCUT2D eigenvalue weighted by molar-refractivity contribution is -0.119. The zero-order chi connectivity index (χ0) is 17.3. The van der Waals surface area contributed by atoms with Crippen molar-refractivity contribution in [3.05, 3.63) is 52.7 Å². The van der Waals surface area contributed by atoms with Crippen molar-refractivity contribution in [3.8, 4) is 5.88 Å². The summed E-state index contributed by atoms with van der Waals surface area (Å²) >= 11 is 6.16. The molecular weight excluding hydrogens is 328 g/mol. The van der Waals surface area contributed by atoms with E-state index in [1.165, 1.54) is 12.0 Å². The monoisotopic (exact) mass is 342 g/mol. The number of carbonyl (C=O) groups is 1. The van der Waals surface area contributed by atoms with Crippen molar-refractivity contribution >= 4 is 35.6 Å². The summed E-state index contributed by atoms with van der Waals surface area (Å²) in [6.07, 6.45) is -0.941. The van der Waals surface area contributed by atoms with Gasteiger partial charge in [0, 0.05) is 23.7 Å². The van der Waals surface area contributed by atoms with Gasteiger partial charge in [0.1, 0.15) is 0 Å². The maximum atomic E-state index is 12.5. The van der Waals surface area contributed by atoms with Crippen LogP contribution in [0, 0.1) is 0 Å². The highest BCUT2D eigenvalue weighted by molar-refractivity contribution is 6.32. The maximum absolute atomic E-state index is 12.5. The minimum Gasteiger partial charge on any atom is -0.481 e. The molecule has 1 aromatic carbocycles. The van der Waals surface area contributed by atoms with Crippen LogP contribution >= 0.6 is 11.6 Å². The zero-order valence-electron chi connectivity index (χ0n) is 13.2. The molecule has 1 atom stereocenters. The number of anilines is 1. The van der Waals surface area contributed by atoms with E-state index in [0.717, 1.165) is 0 Å². The van der Waals surface area contributed by atoms with Crippen molar-refractivity contribution in [3.63, 3.8) is 0 Å². The Kier molecular flexibility index (Phi) is 4.31. The first kappa shape index (κ1) is 16.1. The number of amides is 1. The van der Waals surface area contributed by atoms with Gasteiger partial charge in [-0.05, 0) is 31.0 Å². The Morgan fingerprint density at radius 2 is 2.12 bits per heavy atom. The summed E-state index contributed by atoms with van der Waals surface area (Å²) in [5, 5.41) is 0.537. The average Bonchev–Trinajstić information content (AvgIpc) is 2.71. The van der Waals surface area contributed by atoms with Gasteiger partial charge < -0.3 is 9.64 Å². The molecule has 2 aromatic rings. The van der Waals surface area contributed by atoms with E-state index in [0.29, 0.717) is 33.6 Å². The molecule has 0 N–H and O–H groups in total. The van der Waals surface area contributed by atoms with E-state index in [9.17, 15) is 4.79 Å². The molecule has 6 nitrogen and oxygen atoms in total. The molecule has 0 spiro atoms. The van der Waals surface area contributed by atoms with Gasteiger partial charge in [-0.25, -0.2) is 9.98 Å². The number of halogens is 1. The van der Waals surface area contributed by atoms with E-state index < -0.39 is 6.17 Å². The summed E-state index contributed by atoms with van der Waals surface area (Å²) in [5.41, 5.74) is 2.46. The number of aliphatic imine (C=N–C) groups is 2. The molecule has 0 radical (unpaired) electrons. The standard InChI is InChI=1S/C17H15ClN4O2/c1-19-16-17(23)22(2)13-8-7-10(18)9-11(13)15(21-16)12-5-4-6-14(20-12)24-3/h4-9,16H,1H2,2-3H3. The molecular formula is C17H15ClN4O2. The lowest BCUT2D eigenvalue weighted by Crippen LogP contribution is -2.33. The van der Waals surface area contributed by atoms with Crippen molar-refractivity contribution in [1.82, 2.24) is 4.98 Å². The topological polar surface area (TPSA) is 67.2 Å². The molecule has 3 rings (SSSR count). The fourth-order valence-electron chi connectivity index (χ4n) is 2.51. The number of fused-ring (bicyclic) bond motifs is 1. The molecule has 0 bridgehead atoms. The molecule has 7 heteroatoms. The Bertz CT molecular complexity index is 850. The first-order chi connectivity index (χ1) is 11.5. The van der Waals surface area contributed by atoms with Crippen LogP contribution in [0.5, 0.6) is 5.88 Å². The quantitative estimate of drug-likeness (QED) is 0.805. The SMILES string of the molecule is C=NC1N=C(c2cccc(OC)n2)c2cc(Cl)ccc2N(C)C1=O. The largest absolute Gasteiger partial charge is 0.481 e. The number of hydrogen-bond donors (Lipinski definition) is 0. The third kappa shape index (κ3) is 2.76. The van der Waals surface area contributed by atoms with Crippen LogP contribution in [0.15, 0.2) is 46.4 Å². The van der Waals surface area contributed by atoms with Crippen LogP contribution in [0.3, 0.4) is 0 Å². The van der Waals surface area contributed by atoms with Crippen molar-refractivity contribution in [2.24, 2.45) is 9.98 Å². The van der Waals surface area contributed by atoms with Gasteiger partial charge in [0.05, 0.1) is 24.2 Å². The maximum Gasteiger partial charge on any atom is 0.273 e. The number of hydrogen-bond acceptors (Lipinski definition) is 5. The van der Waals surface area contributed by atoms with E-state index in [1.807, 2.05) is 0 Å². The lowest BCUT2D eigenvalue weighted by Gasteiger charge is -2.19. The number of likely N-dealkylation sites (N-methyl/N-ethyl adjacent to an activating group) is 1. The fraction of sp³-hybridized carbons (Fsp3) is 0.176. The molecule has 1 aliphatic heterocycles. The third-order valence-electron chi connectivity index (χ3n) is 3.73. The van der Waals surface area contributed by atoms with E-state index in [2.05, 4.69) is 21.7 Å². The molecule has 24 heavy (non-hydrogen) atoms. The van der Waals surface area contributed by atoms with Crippen molar-refractivity contribution in [2.45, 2.75) is 6.17 Å². The Balaban J connectivity index is 2.28. The summed E-state index contributed by atoms with van der Waals surface area (Å²) in [6, 6.07) is 10.6. The second-order valence-electron chi connectivity index (χ2n) is 5.16. The number of nitrogens with zero attached hydrogens (tertiary/aromatic N) is 4. The number of carbonyl (C=O) groups excluding carboxylic acids is 1. The molecule has 0 aliphatic carbocycles. The van der Waals surface area contributed by atoms with E-state index >= 15 is 0 Å². The van der Waals surface area contributed by atoms with Gasteiger partial charge >= 0.3 is 0 Å². The van der Waals surface area contributed by atoms with Crippen LogP contribution in [0.25, 0.3) is 0 Å². The van der Waals surface area contributed by atoms with Gasteiger partial charge in [-0.3, -0.25) is 9.79 Å².